The summed E-state index contributed by atoms with van der Waals surface area (Å²) >= 11 is 0. The maximum absolute atomic E-state index is 10.9. The molecule has 3 N–H and O–H groups in total. The lowest BCUT2D eigenvalue weighted by Gasteiger charge is -2.09. The van der Waals surface area contributed by atoms with Crippen molar-refractivity contribution in [2.24, 2.45) is 0 Å². The summed E-state index contributed by atoms with van der Waals surface area (Å²) in [5.74, 6) is -0.670. The van der Waals surface area contributed by atoms with Gasteiger partial charge in [-0.1, -0.05) is 6.92 Å². The molecule has 0 aliphatic carbocycles. The lowest BCUT2D eigenvalue weighted by atomic mass is 10.0. The van der Waals surface area contributed by atoms with Crippen LogP contribution in [-0.2, 0) is 4.79 Å². The van der Waals surface area contributed by atoms with Crippen LogP contribution in [0, 0.1) is 6.92 Å². The Morgan fingerprint density at radius 1 is 1.64 bits per heavy atom. The highest BCUT2D eigenvalue weighted by Gasteiger charge is 2.19. The number of aryl methyl sites for hydroxylation is 1. The molecule has 0 radical (unpaired) electrons. The number of hydrogen-bond acceptors (Lipinski definition) is 4. The summed E-state index contributed by atoms with van der Waals surface area (Å²) in [4.78, 5) is 18.8. The van der Waals surface area contributed by atoms with Gasteiger partial charge in [0.05, 0.1) is 11.6 Å². The van der Waals surface area contributed by atoms with Gasteiger partial charge < -0.3 is 10.8 Å². The van der Waals surface area contributed by atoms with Gasteiger partial charge in [0.2, 0.25) is 0 Å². The Kier molecular flexibility index (Phi) is 3.01. The van der Waals surface area contributed by atoms with E-state index in [1.54, 1.807) is 13.8 Å². The number of nitrogen functional groups attached to an aromatic ring is 1. The summed E-state index contributed by atoms with van der Waals surface area (Å²) < 4.78 is 0. The molecule has 0 amide bonds. The second-order valence-corrected chi connectivity index (χ2v) is 3.06. The Labute approximate surface area is 82.0 Å². The van der Waals surface area contributed by atoms with Crippen LogP contribution >= 0.6 is 0 Å². The number of aliphatic carboxylic acids is 1. The lowest BCUT2D eigenvalue weighted by molar-refractivity contribution is -0.138. The van der Waals surface area contributed by atoms with Gasteiger partial charge >= 0.3 is 5.97 Å². The van der Waals surface area contributed by atoms with Crippen LogP contribution < -0.4 is 5.73 Å². The topological polar surface area (TPSA) is 89.1 Å². The fourth-order valence-electron chi connectivity index (χ4n) is 1.30. The molecule has 1 aromatic heterocycles. The standard InChI is InChI=1S/C9H13N3O2/c1-3-6(9(13)14)7-4-8(10)12-5(2)11-7/h4,6H,3H2,1-2H3,(H,13,14)(H2,10,11,12). The van der Waals surface area contributed by atoms with E-state index >= 15 is 0 Å². The second-order valence-electron chi connectivity index (χ2n) is 3.06. The maximum atomic E-state index is 10.9. The van der Waals surface area contributed by atoms with Crippen LogP contribution in [0.5, 0.6) is 0 Å². The molecule has 0 saturated heterocycles. The lowest BCUT2D eigenvalue weighted by Crippen LogP contribution is -2.13. The molecule has 0 saturated carbocycles. The molecule has 0 aliphatic rings. The fraction of sp³-hybridized carbons (Fsp3) is 0.444. The van der Waals surface area contributed by atoms with Gasteiger partial charge in [-0.3, -0.25) is 4.79 Å². The van der Waals surface area contributed by atoms with E-state index in [9.17, 15) is 4.79 Å². The first-order valence-electron chi connectivity index (χ1n) is 4.38. The molecule has 76 valence electrons. The summed E-state index contributed by atoms with van der Waals surface area (Å²) in [5.41, 5.74) is 5.98. The Bertz CT molecular complexity index is 332. The number of rotatable bonds is 3. The molecule has 0 spiro atoms. The van der Waals surface area contributed by atoms with Gasteiger partial charge in [-0.15, -0.1) is 0 Å². The van der Waals surface area contributed by atoms with E-state index in [1.807, 2.05) is 0 Å². The molecule has 14 heavy (non-hydrogen) atoms. The van der Waals surface area contributed by atoms with Crippen LogP contribution in [0.1, 0.15) is 30.8 Å². The Balaban J connectivity index is 3.10. The highest BCUT2D eigenvalue weighted by molar-refractivity contribution is 5.75. The van der Waals surface area contributed by atoms with E-state index in [2.05, 4.69) is 9.97 Å². The predicted molar refractivity (Wildman–Crippen MR) is 51.8 cm³/mol. The van der Waals surface area contributed by atoms with Crippen LogP contribution in [0.4, 0.5) is 5.82 Å². The second kappa shape index (κ2) is 4.04. The first kappa shape index (κ1) is 10.4. The van der Waals surface area contributed by atoms with Crippen molar-refractivity contribution in [2.75, 3.05) is 5.73 Å². The zero-order valence-electron chi connectivity index (χ0n) is 8.19. The summed E-state index contributed by atoms with van der Waals surface area (Å²) in [7, 11) is 0. The molecule has 0 bridgehead atoms. The zero-order chi connectivity index (χ0) is 10.7. The van der Waals surface area contributed by atoms with Crippen molar-refractivity contribution in [3.63, 3.8) is 0 Å². The number of carbonyl (C=O) groups is 1. The molecule has 1 atom stereocenters. The van der Waals surface area contributed by atoms with Gasteiger partial charge in [-0.05, 0) is 13.3 Å². The zero-order valence-corrected chi connectivity index (χ0v) is 8.19. The minimum Gasteiger partial charge on any atom is -0.481 e. The summed E-state index contributed by atoms with van der Waals surface area (Å²) in [6.07, 6.45) is 0.491. The van der Waals surface area contributed by atoms with Crippen molar-refractivity contribution in [3.8, 4) is 0 Å². The van der Waals surface area contributed by atoms with E-state index in [4.69, 9.17) is 10.8 Å². The van der Waals surface area contributed by atoms with Gasteiger partial charge in [-0.2, -0.15) is 0 Å². The SMILES string of the molecule is CCC(C(=O)O)c1cc(N)nc(C)n1. The van der Waals surface area contributed by atoms with Crippen LogP contribution in [-0.4, -0.2) is 21.0 Å². The Morgan fingerprint density at radius 3 is 2.71 bits per heavy atom. The van der Waals surface area contributed by atoms with Crippen LogP contribution in [0.25, 0.3) is 0 Å². The molecule has 1 rings (SSSR count). The minimum absolute atomic E-state index is 0.312. The van der Waals surface area contributed by atoms with Gasteiger partial charge in [0, 0.05) is 6.07 Å². The monoisotopic (exact) mass is 195 g/mol. The first-order valence-corrected chi connectivity index (χ1v) is 4.38. The Morgan fingerprint density at radius 2 is 2.29 bits per heavy atom. The third-order valence-electron chi connectivity index (χ3n) is 1.94. The molecular formula is C9H13N3O2. The van der Waals surface area contributed by atoms with E-state index in [0.29, 0.717) is 23.8 Å². The van der Waals surface area contributed by atoms with Gasteiger partial charge in [0.15, 0.2) is 0 Å². The molecule has 0 aromatic carbocycles. The number of nitrogens with two attached hydrogens (primary N) is 1. The van der Waals surface area contributed by atoms with Crippen LogP contribution in [0.2, 0.25) is 0 Å². The average Bonchev–Trinajstić information content (AvgIpc) is 2.02. The summed E-state index contributed by atoms with van der Waals surface area (Å²) in [5, 5.41) is 8.91. The largest absolute Gasteiger partial charge is 0.481 e. The Hall–Kier alpha value is -1.65. The van der Waals surface area contributed by atoms with Crippen molar-refractivity contribution in [1.82, 2.24) is 9.97 Å². The molecule has 0 aliphatic heterocycles. The van der Waals surface area contributed by atoms with E-state index < -0.39 is 11.9 Å². The van der Waals surface area contributed by atoms with Gasteiger partial charge in [0.25, 0.3) is 0 Å². The van der Waals surface area contributed by atoms with Gasteiger partial charge in [-0.25, -0.2) is 9.97 Å². The summed E-state index contributed by atoms with van der Waals surface area (Å²) in [6, 6.07) is 1.51. The molecule has 1 aromatic rings. The quantitative estimate of drug-likeness (QED) is 0.749. The number of hydrogen-bond donors (Lipinski definition) is 2. The number of carboxylic acids is 1. The minimum atomic E-state index is -0.884. The summed E-state index contributed by atoms with van der Waals surface area (Å²) in [6.45, 7) is 3.49. The average molecular weight is 195 g/mol. The maximum Gasteiger partial charge on any atom is 0.312 e. The number of aromatic nitrogens is 2. The molecule has 1 heterocycles. The predicted octanol–water partition coefficient (Wildman–Crippen LogP) is 0.945. The smallest absolute Gasteiger partial charge is 0.312 e. The van der Waals surface area contributed by atoms with Crippen molar-refractivity contribution in [3.05, 3.63) is 17.6 Å². The van der Waals surface area contributed by atoms with Crippen molar-refractivity contribution in [1.29, 1.82) is 0 Å². The highest BCUT2D eigenvalue weighted by atomic mass is 16.4. The molecule has 0 fully saturated rings. The van der Waals surface area contributed by atoms with E-state index in [1.165, 1.54) is 6.07 Å². The van der Waals surface area contributed by atoms with Crippen LogP contribution in [0.15, 0.2) is 6.07 Å². The molecule has 1 unspecified atom stereocenters. The van der Waals surface area contributed by atoms with Crippen LogP contribution in [0.3, 0.4) is 0 Å². The number of anilines is 1. The van der Waals surface area contributed by atoms with Crippen molar-refractivity contribution >= 4 is 11.8 Å². The third kappa shape index (κ3) is 2.18. The first-order chi connectivity index (χ1) is 6.54. The highest BCUT2D eigenvalue weighted by Crippen LogP contribution is 2.18. The fourth-order valence-corrected chi connectivity index (χ4v) is 1.30. The normalized spacial score (nSPS) is 12.4. The van der Waals surface area contributed by atoms with Crippen molar-refractivity contribution < 1.29 is 9.90 Å². The number of nitrogens with zero attached hydrogens (tertiary/aromatic N) is 2. The van der Waals surface area contributed by atoms with E-state index in [0.717, 1.165) is 0 Å². The third-order valence-corrected chi connectivity index (χ3v) is 1.94. The van der Waals surface area contributed by atoms with Gasteiger partial charge in [0.1, 0.15) is 11.6 Å². The number of carboxylic acid groups (broad SMARTS) is 1. The van der Waals surface area contributed by atoms with E-state index in [-0.39, 0.29) is 0 Å². The molecule has 5 nitrogen and oxygen atoms in total. The van der Waals surface area contributed by atoms with Crippen molar-refractivity contribution in [2.45, 2.75) is 26.2 Å². The molecular weight excluding hydrogens is 182 g/mol. The molecule has 5 heteroatoms.